The van der Waals surface area contributed by atoms with Crippen LogP contribution in [0, 0.1) is 10.8 Å². The first-order valence-electron chi connectivity index (χ1n) is 6.99. The molecule has 2 heteroatoms. The standard InChI is InChI=1S/C15H29NO/c1-13(2,3)12-7-8-15(11-17-12)9-16(10-15)14(4,5)6/h12H,7-11H2,1-6H3. The Morgan fingerprint density at radius 1 is 1.06 bits per heavy atom. The Hall–Kier alpha value is -0.0800. The minimum absolute atomic E-state index is 0.301. The quantitative estimate of drug-likeness (QED) is 0.643. The van der Waals surface area contributed by atoms with E-state index in [2.05, 4.69) is 46.4 Å². The molecule has 2 nitrogen and oxygen atoms in total. The molecule has 0 aliphatic carbocycles. The smallest absolute Gasteiger partial charge is 0.0623 e. The van der Waals surface area contributed by atoms with Crippen LogP contribution in [0.15, 0.2) is 0 Å². The average Bonchev–Trinajstić information content (AvgIpc) is 2.11. The van der Waals surface area contributed by atoms with Crippen molar-refractivity contribution in [1.29, 1.82) is 0 Å². The van der Waals surface area contributed by atoms with E-state index < -0.39 is 0 Å². The summed E-state index contributed by atoms with van der Waals surface area (Å²) >= 11 is 0. The summed E-state index contributed by atoms with van der Waals surface area (Å²) in [7, 11) is 0. The van der Waals surface area contributed by atoms with Crippen molar-refractivity contribution >= 4 is 0 Å². The SMILES string of the molecule is CC(C)(C)C1CCC2(CO1)CN(C(C)(C)C)C2. The van der Waals surface area contributed by atoms with Gasteiger partial charge in [-0.05, 0) is 39.0 Å². The highest BCUT2D eigenvalue weighted by Gasteiger charge is 2.49. The molecule has 2 aliphatic heterocycles. The molecule has 0 amide bonds. The molecule has 0 bridgehead atoms. The highest BCUT2D eigenvalue weighted by molar-refractivity contribution is 5.02. The predicted octanol–water partition coefficient (Wildman–Crippen LogP) is 3.31. The lowest BCUT2D eigenvalue weighted by atomic mass is 9.70. The maximum absolute atomic E-state index is 6.13. The van der Waals surface area contributed by atoms with Gasteiger partial charge in [0, 0.05) is 24.0 Å². The highest BCUT2D eigenvalue weighted by atomic mass is 16.5. The fourth-order valence-corrected chi connectivity index (χ4v) is 3.04. The van der Waals surface area contributed by atoms with Gasteiger partial charge in [0.15, 0.2) is 0 Å². The molecule has 1 atom stereocenters. The molecular weight excluding hydrogens is 210 g/mol. The summed E-state index contributed by atoms with van der Waals surface area (Å²) in [5.41, 5.74) is 1.11. The van der Waals surface area contributed by atoms with E-state index in [1.54, 1.807) is 0 Å². The molecule has 2 aliphatic rings. The average molecular weight is 239 g/mol. The zero-order valence-corrected chi connectivity index (χ0v) is 12.5. The Morgan fingerprint density at radius 2 is 1.65 bits per heavy atom. The molecular formula is C15H29NO. The molecule has 0 aromatic carbocycles. The van der Waals surface area contributed by atoms with Gasteiger partial charge < -0.3 is 4.74 Å². The summed E-state index contributed by atoms with van der Waals surface area (Å²) in [4.78, 5) is 2.58. The highest BCUT2D eigenvalue weighted by Crippen LogP contribution is 2.45. The first-order valence-corrected chi connectivity index (χ1v) is 6.99. The van der Waals surface area contributed by atoms with Crippen LogP contribution in [0.5, 0.6) is 0 Å². The zero-order chi connectivity index (χ0) is 12.9. The van der Waals surface area contributed by atoms with Crippen molar-refractivity contribution in [3.8, 4) is 0 Å². The fraction of sp³-hybridized carbons (Fsp3) is 1.00. The normalized spacial score (nSPS) is 30.4. The molecule has 2 fully saturated rings. The molecule has 1 spiro atoms. The molecule has 2 heterocycles. The molecule has 17 heavy (non-hydrogen) atoms. The summed E-state index contributed by atoms with van der Waals surface area (Å²) < 4.78 is 6.13. The van der Waals surface area contributed by atoms with E-state index >= 15 is 0 Å². The van der Waals surface area contributed by atoms with Crippen molar-refractivity contribution in [3.63, 3.8) is 0 Å². The van der Waals surface area contributed by atoms with E-state index in [9.17, 15) is 0 Å². The van der Waals surface area contributed by atoms with Crippen LogP contribution >= 0.6 is 0 Å². The number of hydrogen-bond acceptors (Lipinski definition) is 2. The van der Waals surface area contributed by atoms with Crippen LogP contribution in [-0.2, 0) is 4.74 Å². The molecule has 0 N–H and O–H groups in total. The summed E-state index contributed by atoms with van der Waals surface area (Å²) in [5.74, 6) is 0. The van der Waals surface area contributed by atoms with Crippen LogP contribution < -0.4 is 0 Å². The third kappa shape index (κ3) is 2.68. The van der Waals surface area contributed by atoms with Gasteiger partial charge in [0.1, 0.15) is 0 Å². The van der Waals surface area contributed by atoms with E-state index in [0.29, 0.717) is 22.5 Å². The van der Waals surface area contributed by atoms with Gasteiger partial charge in [-0.1, -0.05) is 20.8 Å². The molecule has 2 rings (SSSR count). The number of likely N-dealkylation sites (tertiary alicyclic amines) is 1. The minimum Gasteiger partial charge on any atom is -0.377 e. The van der Waals surface area contributed by atoms with E-state index in [1.165, 1.54) is 25.9 Å². The van der Waals surface area contributed by atoms with Gasteiger partial charge in [0.05, 0.1) is 12.7 Å². The lowest BCUT2D eigenvalue weighted by Crippen LogP contribution is -2.66. The third-order valence-corrected chi connectivity index (χ3v) is 4.49. The Morgan fingerprint density at radius 3 is 2.00 bits per heavy atom. The Balaban J connectivity index is 1.86. The van der Waals surface area contributed by atoms with E-state index in [1.807, 2.05) is 0 Å². The second kappa shape index (κ2) is 3.96. The fourth-order valence-electron chi connectivity index (χ4n) is 3.04. The monoisotopic (exact) mass is 239 g/mol. The molecule has 0 saturated carbocycles. The molecule has 1 unspecified atom stereocenters. The third-order valence-electron chi connectivity index (χ3n) is 4.49. The maximum atomic E-state index is 6.13. The first-order chi connectivity index (χ1) is 7.62. The minimum atomic E-state index is 0.301. The van der Waals surface area contributed by atoms with E-state index in [4.69, 9.17) is 4.74 Å². The van der Waals surface area contributed by atoms with Gasteiger partial charge in [0.25, 0.3) is 0 Å². The summed E-state index contributed by atoms with van der Waals surface area (Å²) in [6.07, 6.45) is 3.04. The topological polar surface area (TPSA) is 12.5 Å². The second-order valence-corrected chi connectivity index (χ2v) is 8.23. The van der Waals surface area contributed by atoms with Crippen molar-refractivity contribution in [1.82, 2.24) is 4.90 Å². The first kappa shape index (κ1) is 13.4. The number of nitrogens with zero attached hydrogens (tertiary/aromatic N) is 1. The lowest BCUT2D eigenvalue weighted by Gasteiger charge is -2.58. The van der Waals surface area contributed by atoms with Gasteiger partial charge in [-0.3, -0.25) is 4.90 Å². The number of hydrogen-bond donors (Lipinski definition) is 0. The lowest BCUT2D eigenvalue weighted by molar-refractivity contribution is -0.171. The Bertz CT molecular complexity index is 268. The second-order valence-electron chi connectivity index (χ2n) is 8.23. The summed E-state index contributed by atoms with van der Waals surface area (Å²) in [6.45, 7) is 17.2. The van der Waals surface area contributed by atoms with Crippen molar-refractivity contribution in [2.24, 2.45) is 10.8 Å². The maximum Gasteiger partial charge on any atom is 0.0623 e. The van der Waals surface area contributed by atoms with E-state index in [-0.39, 0.29) is 0 Å². The van der Waals surface area contributed by atoms with Gasteiger partial charge >= 0.3 is 0 Å². The number of ether oxygens (including phenoxy) is 1. The molecule has 0 aromatic rings. The summed E-state index contributed by atoms with van der Waals surface area (Å²) in [5, 5.41) is 0. The molecule has 0 radical (unpaired) electrons. The van der Waals surface area contributed by atoms with Gasteiger partial charge in [0.2, 0.25) is 0 Å². The van der Waals surface area contributed by atoms with Crippen LogP contribution in [0.2, 0.25) is 0 Å². The van der Waals surface area contributed by atoms with Crippen LogP contribution in [0.25, 0.3) is 0 Å². The Kier molecular flexibility index (Phi) is 3.11. The van der Waals surface area contributed by atoms with Crippen molar-refractivity contribution < 1.29 is 4.74 Å². The van der Waals surface area contributed by atoms with Crippen molar-refractivity contribution in [2.45, 2.75) is 66.0 Å². The largest absolute Gasteiger partial charge is 0.377 e. The summed E-state index contributed by atoms with van der Waals surface area (Å²) in [6, 6.07) is 0. The predicted molar refractivity (Wildman–Crippen MR) is 72.2 cm³/mol. The van der Waals surface area contributed by atoms with Gasteiger partial charge in [-0.25, -0.2) is 0 Å². The van der Waals surface area contributed by atoms with E-state index in [0.717, 1.165) is 6.61 Å². The Labute approximate surface area is 107 Å². The van der Waals surface area contributed by atoms with Crippen LogP contribution in [0.1, 0.15) is 54.4 Å². The van der Waals surface area contributed by atoms with Crippen molar-refractivity contribution in [2.75, 3.05) is 19.7 Å². The zero-order valence-electron chi connectivity index (χ0n) is 12.5. The molecule has 100 valence electrons. The van der Waals surface area contributed by atoms with Crippen molar-refractivity contribution in [3.05, 3.63) is 0 Å². The van der Waals surface area contributed by atoms with Crippen LogP contribution in [-0.4, -0.2) is 36.2 Å². The van der Waals surface area contributed by atoms with Crippen LogP contribution in [0.4, 0.5) is 0 Å². The number of rotatable bonds is 0. The van der Waals surface area contributed by atoms with Gasteiger partial charge in [-0.2, -0.15) is 0 Å². The van der Waals surface area contributed by atoms with Gasteiger partial charge in [-0.15, -0.1) is 0 Å². The molecule has 2 saturated heterocycles. The van der Waals surface area contributed by atoms with Crippen LogP contribution in [0.3, 0.4) is 0 Å². The molecule has 0 aromatic heterocycles.